The highest BCUT2D eigenvalue weighted by atomic mass is 32.1. The molecule has 0 saturated heterocycles. The summed E-state index contributed by atoms with van der Waals surface area (Å²) in [5.41, 5.74) is 2.27. The number of fused-ring (bicyclic) bond motifs is 1. The van der Waals surface area contributed by atoms with E-state index in [4.69, 9.17) is 9.47 Å². The number of carbonyl (C=O) groups excluding carboxylic acids is 2. The number of carbonyl (C=O) groups is 2. The molecule has 0 radical (unpaired) electrons. The molecule has 3 aromatic rings. The summed E-state index contributed by atoms with van der Waals surface area (Å²) >= 11 is 1.55. The number of nitrogens with zero attached hydrogens (tertiary/aromatic N) is 1. The number of rotatable bonds is 8. The third-order valence-electron chi connectivity index (χ3n) is 5.69. The Morgan fingerprint density at radius 3 is 2.69 bits per heavy atom. The number of amides is 2. The summed E-state index contributed by atoms with van der Waals surface area (Å²) < 4.78 is 10.6. The van der Waals surface area contributed by atoms with E-state index >= 15 is 0 Å². The minimum absolute atomic E-state index is 0.0760. The van der Waals surface area contributed by atoms with Gasteiger partial charge >= 0.3 is 0 Å². The van der Waals surface area contributed by atoms with Crippen molar-refractivity contribution < 1.29 is 19.1 Å². The van der Waals surface area contributed by atoms with Gasteiger partial charge in [-0.3, -0.25) is 9.59 Å². The van der Waals surface area contributed by atoms with Crippen LogP contribution in [-0.2, 0) is 16.1 Å². The Bertz CT molecular complexity index is 1080. The van der Waals surface area contributed by atoms with Gasteiger partial charge in [0.15, 0.2) is 0 Å². The lowest BCUT2D eigenvalue weighted by Gasteiger charge is -2.41. The van der Waals surface area contributed by atoms with Gasteiger partial charge in [0.1, 0.15) is 5.75 Å². The summed E-state index contributed by atoms with van der Waals surface area (Å²) in [5.74, 6) is 0.0269. The molecule has 2 heterocycles. The summed E-state index contributed by atoms with van der Waals surface area (Å²) in [5, 5.41) is 5.06. The monoisotopic (exact) mass is 450 g/mol. The highest BCUT2D eigenvalue weighted by Gasteiger charge is 2.44. The van der Waals surface area contributed by atoms with Gasteiger partial charge in [-0.05, 0) is 40.8 Å². The molecular formula is C25H26N2O4S. The van der Waals surface area contributed by atoms with Gasteiger partial charge in [-0.15, -0.1) is 11.3 Å². The van der Waals surface area contributed by atoms with Crippen LogP contribution < -0.4 is 10.1 Å². The fourth-order valence-corrected chi connectivity index (χ4v) is 5.04. The summed E-state index contributed by atoms with van der Waals surface area (Å²) in [4.78, 5) is 29.7. The van der Waals surface area contributed by atoms with Gasteiger partial charge < -0.3 is 19.7 Å². The van der Waals surface area contributed by atoms with Crippen molar-refractivity contribution in [3.63, 3.8) is 0 Å². The second-order valence-electron chi connectivity index (χ2n) is 7.59. The van der Waals surface area contributed by atoms with Crippen LogP contribution in [0.5, 0.6) is 5.75 Å². The average molecular weight is 451 g/mol. The Kier molecular flexibility index (Phi) is 6.87. The molecule has 166 valence electrons. The molecule has 0 unspecified atom stereocenters. The summed E-state index contributed by atoms with van der Waals surface area (Å²) in [6, 6.07) is 18.6. The molecule has 2 atom stereocenters. The van der Waals surface area contributed by atoms with Crippen molar-refractivity contribution >= 4 is 23.2 Å². The Morgan fingerprint density at radius 1 is 1.09 bits per heavy atom. The number of hydrogen-bond donors (Lipinski definition) is 1. The molecule has 6 nitrogen and oxygen atoms in total. The number of methoxy groups -OCH3 is 2. The maximum atomic E-state index is 13.6. The first-order chi connectivity index (χ1) is 15.6. The lowest BCUT2D eigenvalue weighted by atomic mass is 9.81. The molecule has 1 aliphatic rings. The molecule has 32 heavy (non-hydrogen) atoms. The van der Waals surface area contributed by atoms with Gasteiger partial charge in [0.2, 0.25) is 5.91 Å². The standard InChI is InChI=1S/C25H26N2O4S/c1-30-13-12-27-23(21-11-6-14-32-21)22(19-9-3-4-10-20(19)25(27)29)24(28)26-16-17-7-5-8-18(15-17)31-2/h3-11,14-15,22-23H,12-13,16H2,1-2H3,(H,26,28)/t22-,23-/m1/s1. The zero-order valence-electron chi connectivity index (χ0n) is 18.1. The number of ether oxygens (including phenoxy) is 2. The average Bonchev–Trinajstić information content (AvgIpc) is 3.36. The smallest absolute Gasteiger partial charge is 0.254 e. The summed E-state index contributed by atoms with van der Waals surface area (Å²) in [6.07, 6.45) is 0. The maximum Gasteiger partial charge on any atom is 0.254 e. The Hall–Kier alpha value is -3.16. The van der Waals surface area contributed by atoms with Gasteiger partial charge in [-0.1, -0.05) is 36.4 Å². The Morgan fingerprint density at radius 2 is 1.94 bits per heavy atom. The highest BCUT2D eigenvalue weighted by Crippen LogP contribution is 2.44. The molecule has 1 N–H and O–H groups in total. The number of benzene rings is 2. The predicted octanol–water partition coefficient (Wildman–Crippen LogP) is 4.00. The molecule has 4 rings (SSSR count). The van der Waals surface area contributed by atoms with Crippen molar-refractivity contribution in [3.8, 4) is 5.75 Å². The zero-order chi connectivity index (χ0) is 22.5. The second kappa shape index (κ2) is 9.97. The molecule has 0 spiro atoms. The highest BCUT2D eigenvalue weighted by molar-refractivity contribution is 7.10. The topological polar surface area (TPSA) is 67.9 Å². The largest absolute Gasteiger partial charge is 0.497 e. The fraction of sp³-hybridized carbons (Fsp3) is 0.280. The molecule has 1 aromatic heterocycles. The van der Waals surface area contributed by atoms with Crippen LogP contribution in [0.15, 0.2) is 66.0 Å². The van der Waals surface area contributed by atoms with Crippen molar-refractivity contribution in [2.24, 2.45) is 0 Å². The van der Waals surface area contributed by atoms with Gasteiger partial charge in [0, 0.05) is 30.6 Å². The SMILES string of the molecule is COCCN1C(=O)c2ccccc2[C@@H](C(=O)NCc2cccc(OC)c2)[C@H]1c1cccs1. The van der Waals surface area contributed by atoms with E-state index in [1.165, 1.54) is 0 Å². The van der Waals surface area contributed by atoms with E-state index in [2.05, 4.69) is 5.32 Å². The number of hydrogen-bond acceptors (Lipinski definition) is 5. The molecule has 2 aromatic carbocycles. The summed E-state index contributed by atoms with van der Waals surface area (Å²) in [7, 11) is 3.23. The van der Waals surface area contributed by atoms with Crippen LogP contribution in [0.3, 0.4) is 0 Å². The van der Waals surface area contributed by atoms with E-state index < -0.39 is 12.0 Å². The third-order valence-corrected chi connectivity index (χ3v) is 6.64. The van der Waals surface area contributed by atoms with E-state index in [0.717, 1.165) is 21.8 Å². The minimum Gasteiger partial charge on any atom is -0.497 e. The van der Waals surface area contributed by atoms with Crippen molar-refractivity contribution in [3.05, 3.63) is 87.6 Å². The van der Waals surface area contributed by atoms with E-state index in [1.54, 1.807) is 36.5 Å². The normalized spacial score (nSPS) is 17.7. The van der Waals surface area contributed by atoms with Gasteiger partial charge in [-0.2, -0.15) is 0 Å². The molecule has 1 aliphatic heterocycles. The zero-order valence-corrected chi connectivity index (χ0v) is 18.9. The minimum atomic E-state index is -0.523. The molecule has 0 saturated carbocycles. The molecule has 7 heteroatoms. The Balaban J connectivity index is 1.69. The fourth-order valence-electron chi connectivity index (χ4n) is 4.17. The lowest BCUT2D eigenvalue weighted by molar-refractivity contribution is -0.124. The van der Waals surface area contributed by atoms with Crippen molar-refractivity contribution in [1.82, 2.24) is 10.2 Å². The van der Waals surface area contributed by atoms with Crippen LogP contribution in [0.2, 0.25) is 0 Å². The Labute approximate surface area is 191 Å². The van der Waals surface area contributed by atoms with Crippen molar-refractivity contribution in [2.75, 3.05) is 27.4 Å². The van der Waals surface area contributed by atoms with E-state index in [1.807, 2.05) is 60.0 Å². The molecule has 0 bridgehead atoms. The van der Waals surface area contributed by atoms with E-state index in [9.17, 15) is 9.59 Å². The van der Waals surface area contributed by atoms with Crippen LogP contribution in [0.25, 0.3) is 0 Å². The predicted molar refractivity (Wildman–Crippen MR) is 124 cm³/mol. The summed E-state index contributed by atoms with van der Waals surface area (Å²) in [6.45, 7) is 1.18. The number of nitrogens with one attached hydrogen (secondary N) is 1. The molecule has 2 amide bonds. The van der Waals surface area contributed by atoms with Gasteiger partial charge in [-0.25, -0.2) is 0 Å². The van der Waals surface area contributed by atoms with Crippen LogP contribution in [0.4, 0.5) is 0 Å². The molecule has 0 aliphatic carbocycles. The van der Waals surface area contributed by atoms with E-state index in [0.29, 0.717) is 25.3 Å². The van der Waals surface area contributed by atoms with Crippen LogP contribution in [0.1, 0.15) is 38.3 Å². The van der Waals surface area contributed by atoms with E-state index in [-0.39, 0.29) is 11.8 Å². The first-order valence-corrected chi connectivity index (χ1v) is 11.3. The van der Waals surface area contributed by atoms with Crippen LogP contribution in [0, 0.1) is 0 Å². The van der Waals surface area contributed by atoms with Crippen LogP contribution >= 0.6 is 11.3 Å². The molecular weight excluding hydrogens is 424 g/mol. The van der Waals surface area contributed by atoms with Gasteiger partial charge in [0.25, 0.3) is 5.91 Å². The third kappa shape index (κ3) is 4.40. The van der Waals surface area contributed by atoms with Crippen molar-refractivity contribution in [1.29, 1.82) is 0 Å². The quantitative estimate of drug-likeness (QED) is 0.563. The molecule has 0 fully saturated rings. The number of thiophene rings is 1. The van der Waals surface area contributed by atoms with Gasteiger partial charge in [0.05, 0.1) is 25.7 Å². The maximum absolute atomic E-state index is 13.6. The first kappa shape index (κ1) is 22.0. The van der Waals surface area contributed by atoms with Crippen molar-refractivity contribution in [2.45, 2.75) is 18.5 Å². The van der Waals surface area contributed by atoms with Crippen LogP contribution in [-0.4, -0.2) is 44.1 Å². The second-order valence-corrected chi connectivity index (χ2v) is 8.57. The first-order valence-electron chi connectivity index (χ1n) is 10.5. The lowest BCUT2D eigenvalue weighted by Crippen LogP contribution is -2.48.